The van der Waals surface area contributed by atoms with Crippen LogP contribution in [0, 0.1) is 0 Å². The van der Waals surface area contributed by atoms with Crippen molar-refractivity contribution in [3.05, 3.63) is 57.9 Å². The summed E-state index contributed by atoms with van der Waals surface area (Å²) in [6.45, 7) is 1.67. The van der Waals surface area contributed by atoms with Crippen molar-refractivity contribution in [2.45, 2.75) is 32.2 Å². The molecule has 0 bridgehead atoms. The lowest BCUT2D eigenvalue weighted by molar-refractivity contribution is -0.132. The van der Waals surface area contributed by atoms with Gasteiger partial charge in [0, 0.05) is 41.5 Å². The van der Waals surface area contributed by atoms with Gasteiger partial charge in [0.05, 0.1) is 0 Å². The van der Waals surface area contributed by atoms with Gasteiger partial charge in [0.25, 0.3) is 0 Å². The molecule has 2 aromatic heterocycles. The van der Waals surface area contributed by atoms with E-state index in [4.69, 9.17) is 0 Å². The van der Waals surface area contributed by atoms with Crippen LogP contribution in [0.1, 0.15) is 28.8 Å². The monoisotopic (exact) mass is 324 g/mol. The summed E-state index contributed by atoms with van der Waals surface area (Å²) >= 11 is 1.81. The molecule has 0 atom stereocenters. The van der Waals surface area contributed by atoms with Crippen molar-refractivity contribution < 1.29 is 4.79 Å². The first-order valence-electron chi connectivity index (χ1n) is 8.19. The summed E-state index contributed by atoms with van der Waals surface area (Å²) in [5.74, 6) is 0.293. The van der Waals surface area contributed by atoms with Gasteiger partial charge in [-0.1, -0.05) is 18.2 Å². The maximum Gasteiger partial charge on any atom is 0.222 e. The average molecular weight is 324 g/mol. The van der Waals surface area contributed by atoms with E-state index in [0.717, 1.165) is 32.4 Å². The first-order chi connectivity index (χ1) is 11.3. The molecule has 1 aliphatic heterocycles. The van der Waals surface area contributed by atoms with Gasteiger partial charge in [0.2, 0.25) is 5.91 Å². The second kappa shape index (κ2) is 6.20. The van der Waals surface area contributed by atoms with Crippen LogP contribution in [0.4, 0.5) is 0 Å². The van der Waals surface area contributed by atoms with E-state index in [1.165, 1.54) is 26.9 Å². The summed E-state index contributed by atoms with van der Waals surface area (Å²) in [5, 5.41) is 3.41. The minimum absolute atomic E-state index is 0.293. The van der Waals surface area contributed by atoms with Crippen LogP contribution in [0.2, 0.25) is 0 Å². The van der Waals surface area contributed by atoms with E-state index >= 15 is 0 Å². The predicted molar refractivity (Wildman–Crippen MR) is 94.7 cm³/mol. The molecule has 4 heteroatoms. The summed E-state index contributed by atoms with van der Waals surface area (Å²) < 4.78 is 0. The number of carbonyl (C=O) groups excluding carboxylic acids is 1. The van der Waals surface area contributed by atoms with Crippen LogP contribution < -0.4 is 0 Å². The number of thiophene rings is 1. The number of aryl methyl sites for hydroxylation is 1. The molecular formula is C19H20N2OS. The highest BCUT2D eigenvalue weighted by atomic mass is 32.1. The highest BCUT2D eigenvalue weighted by Crippen LogP contribution is 2.25. The second-order valence-corrected chi connectivity index (χ2v) is 7.15. The van der Waals surface area contributed by atoms with E-state index in [9.17, 15) is 4.79 Å². The Labute approximate surface area is 139 Å². The van der Waals surface area contributed by atoms with Crippen molar-refractivity contribution in [1.29, 1.82) is 0 Å². The van der Waals surface area contributed by atoms with Gasteiger partial charge in [0.1, 0.15) is 0 Å². The second-order valence-electron chi connectivity index (χ2n) is 6.15. The fraction of sp³-hybridized carbons (Fsp3) is 0.316. The maximum atomic E-state index is 12.4. The average Bonchev–Trinajstić information content (AvgIpc) is 3.21. The Hall–Kier alpha value is -2.07. The summed E-state index contributed by atoms with van der Waals surface area (Å²) in [5.41, 5.74) is 3.83. The van der Waals surface area contributed by atoms with Crippen LogP contribution in [0.3, 0.4) is 0 Å². The Kier molecular flexibility index (Phi) is 3.92. The molecule has 1 aliphatic rings. The van der Waals surface area contributed by atoms with Crippen LogP contribution in [-0.4, -0.2) is 22.3 Å². The van der Waals surface area contributed by atoms with Crippen molar-refractivity contribution in [3.63, 3.8) is 0 Å². The molecule has 1 aromatic carbocycles. The van der Waals surface area contributed by atoms with Gasteiger partial charge in [-0.15, -0.1) is 11.3 Å². The van der Waals surface area contributed by atoms with E-state index in [-0.39, 0.29) is 0 Å². The van der Waals surface area contributed by atoms with E-state index in [1.807, 2.05) is 22.3 Å². The molecular weight excluding hydrogens is 304 g/mol. The number of H-pyrrole nitrogens is 1. The molecule has 3 aromatic rings. The third-order valence-corrected chi connectivity index (χ3v) is 5.70. The van der Waals surface area contributed by atoms with Crippen molar-refractivity contribution in [1.82, 2.24) is 9.88 Å². The molecule has 1 amide bonds. The van der Waals surface area contributed by atoms with Gasteiger partial charge >= 0.3 is 0 Å². The summed E-state index contributed by atoms with van der Waals surface area (Å²) in [6, 6.07) is 10.5. The standard InChI is InChI=1S/C19H20N2OS/c22-19(21-10-8-18-15(13-21)9-11-23-18)7-3-4-14-12-20-17-6-2-1-5-16(14)17/h1-2,5-6,9,11-12,20H,3-4,7-8,10,13H2. The van der Waals surface area contributed by atoms with Crippen LogP contribution in [-0.2, 0) is 24.2 Å². The minimum Gasteiger partial charge on any atom is -0.361 e. The Morgan fingerprint density at radius 3 is 3.13 bits per heavy atom. The molecule has 0 saturated carbocycles. The molecule has 0 spiro atoms. The van der Waals surface area contributed by atoms with E-state index in [0.29, 0.717) is 12.3 Å². The normalized spacial score (nSPS) is 14.2. The third kappa shape index (κ3) is 2.91. The Morgan fingerprint density at radius 1 is 1.26 bits per heavy atom. The first kappa shape index (κ1) is 14.5. The molecule has 1 N–H and O–H groups in total. The smallest absolute Gasteiger partial charge is 0.222 e. The number of hydrogen-bond acceptors (Lipinski definition) is 2. The fourth-order valence-electron chi connectivity index (χ4n) is 3.39. The van der Waals surface area contributed by atoms with Crippen molar-refractivity contribution in [2.24, 2.45) is 0 Å². The lowest BCUT2D eigenvalue weighted by Crippen LogP contribution is -2.35. The zero-order valence-electron chi connectivity index (χ0n) is 13.0. The molecule has 0 unspecified atom stereocenters. The highest BCUT2D eigenvalue weighted by Gasteiger charge is 2.20. The molecule has 3 heterocycles. The number of para-hydroxylation sites is 1. The number of aromatic nitrogens is 1. The van der Waals surface area contributed by atoms with Crippen molar-refractivity contribution >= 4 is 28.1 Å². The quantitative estimate of drug-likeness (QED) is 0.769. The number of nitrogens with zero attached hydrogens (tertiary/aromatic N) is 1. The summed E-state index contributed by atoms with van der Waals surface area (Å²) in [4.78, 5) is 19.2. The number of amides is 1. The van der Waals surface area contributed by atoms with Gasteiger partial charge in [0.15, 0.2) is 0 Å². The molecule has 0 fully saturated rings. The van der Waals surface area contributed by atoms with Gasteiger partial charge in [-0.25, -0.2) is 0 Å². The molecule has 0 radical (unpaired) electrons. The maximum absolute atomic E-state index is 12.4. The number of aromatic amines is 1. The van der Waals surface area contributed by atoms with E-state index < -0.39 is 0 Å². The van der Waals surface area contributed by atoms with Gasteiger partial charge < -0.3 is 9.88 Å². The van der Waals surface area contributed by atoms with E-state index in [2.05, 4.69) is 40.8 Å². The van der Waals surface area contributed by atoms with Gasteiger partial charge in [-0.3, -0.25) is 4.79 Å². The number of rotatable bonds is 4. The Balaban J connectivity index is 1.34. The van der Waals surface area contributed by atoms with Crippen molar-refractivity contribution in [3.8, 4) is 0 Å². The lowest BCUT2D eigenvalue weighted by Gasteiger charge is -2.27. The number of carbonyl (C=O) groups is 1. The highest BCUT2D eigenvalue weighted by molar-refractivity contribution is 7.10. The molecule has 4 rings (SSSR count). The topological polar surface area (TPSA) is 36.1 Å². The molecule has 23 heavy (non-hydrogen) atoms. The van der Waals surface area contributed by atoms with Crippen molar-refractivity contribution in [2.75, 3.05) is 6.54 Å². The Morgan fingerprint density at radius 2 is 2.17 bits per heavy atom. The largest absolute Gasteiger partial charge is 0.361 e. The zero-order valence-corrected chi connectivity index (χ0v) is 13.9. The number of nitrogens with one attached hydrogen (secondary N) is 1. The lowest BCUT2D eigenvalue weighted by atomic mass is 10.1. The zero-order chi connectivity index (χ0) is 15.6. The summed E-state index contributed by atoms with van der Waals surface area (Å²) in [6.07, 6.45) is 5.59. The SMILES string of the molecule is O=C(CCCc1c[nH]c2ccccc12)N1CCc2sccc2C1. The predicted octanol–water partition coefficient (Wildman–Crippen LogP) is 4.14. The van der Waals surface area contributed by atoms with Crippen LogP contribution in [0.15, 0.2) is 41.9 Å². The molecule has 3 nitrogen and oxygen atoms in total. The van der Waals surface area contributed by atoms with Crippen LogP contribution in [0.25, 0.3) is 10.9 Å². The minimum atomic E-state index is 0.293. The molecule has 118 valence electrons. The fourth-order valence-corrected chi connectivity index (χ4v) is 4.28. The first-order valence-corrected chi connectivity index (χ1v) is 9.07. The molecule has 0 saturated heterocycles. The van der Waals surface area contributed by atoms with Gasteiger partial charge in [-0.2, -0.15) is 0 Å². The number of hydrogen-bond donors (Lipinski definition) is 1. The Bertz CT molecular complexity index is 833. The summed E-state index contributed by atoms with van der Waals surface area (Å²) in [7, 11) is 0. The van der Waals surface area contributed by atoms with Gasteiger partial charge in [-0.05, 0) is 47.9 Å². The van der Waals surface area contributed by atoms with Crippen LogP contribution >= 0.6 is 11.3 Å². The van der Waals surface area contributed by atoms with Crippen LogP contribution in [0.5, 0.6) is 0 Å². The van der Waals surface area contributed by atoms with E-state index in [1.54, 1.807) is 0 Å². The third-order valence-electron chi connectivity index (χ3n) is 4.67. The number of fused-ring (bicyclic) bond motifs is 2. The number of benzene rings is 1. The molecule has 0 aliphatic carbocycles.